The van der Waals surface area contributed by atoms with E-state index in [-0.39, 0.29) is 0 Å². The summed E-state index contributed by atoms with van der Waals surface area (Å²) in [7, 11) is 0. The molecule has 3 heteroatoms. The molecule has 1 spiro atoms. The zero-order valence-corrected chi connectivity index (χ0v) is 26.9. The minimum absolute atomic E-state index is 0.429. The molecule has 3 aliphatic rings. The van der Waals surface area contributed by atoms with E-state index in [4.69, 9.17) is 14.4 Å². The van der Waals surface area contributed by atoms with Gasteiger partial charge in [0.15, 0.2) is 5.82 Å². The first kappa shape index (κ1) is 26.9. The predicted octanol–water partition coefficient (Wildman–Crippen LogP) is 11.3. The summed E-state index contributed by atoms with van der Waals surface area (Å²) >= 11 is 0. The molecule has 0 bridgehead atoms. The molecule has 2 aromatic heterocycles. The van der Waals surface area contributed by atoms with Crippen LogP contribution in [-0.2, 0) is 11.8 Å². The van der Waals surface area contributed by atoms with Crippen LogP contribution in [0.2, 0.25) is 0 Å². The average molecular weight is 627 g/mol. The van der Waals surface area contributed by atoms with Gasteiger partial charge in [-0.15, -0.1) is 0 Å². The number of benzene rings is 6. The molecular formula is C46H30N2O. The molecule has 6 aromatic carbocycles. The summed E-state index contributed by atoms with van der Waals surface area (Å²) in [5.74, 6) is 1.20. The van der Waals surface area contributed by atoms with Crippen LogP contribution in [0.25, 0.3) is 72.9 Å². The molecule has 2 unspecified atom stereocenters. The molecular weight excluding hydrogens is 597 g/mol. The Bertz CT molecular complexity index is 2720. The molecule has 0 fully saturated rings. The topological polar surface area (TPSA) is 38.9 Å². The number of aromatic nitrogens is 2. The van der Waals surface area contributed by atoms with Crippen LogP contribution < -0.4 is 0 Å². The zero-order chi connectivity index (χ0) is 32.3. The number of hydrogen-bond acceptors (Lipinski definition) is 3. The molecule has 230 valence electrons. The third-order valence-electron chi connectivity index (χ3n) is 11.0. The van der Waals surface area contributed by atoms with Gasteiger partial charge in [0.2, 0.25) is 0 Å². The van der Waals surface area contributed by atoms with E-state index in [0.717, 1.165) is 62.3 Å². The van der Waals surface area contributed by atoms with Crippen molar-refractivity contribution in [2.24, 2.45) is 5.92 Å². The van der Waals surface area contributed by atoms with Gasteiger partial charge in [-0.25, -0.2) is 9.97 Å². The molecule has 2 heterocycles. The van der Waals surface area contributed by atoms with E-state index in [1.165, 1.54) is 44.5 Å². The van der Waals surface area contributed by atoms with Crippen LogP contribution in [0.3, 0.4) is 0 Å². The second-order valence-electron chi connectivity index (χ2n) is 13.7. The van der Waals surface area contributed by atoms with E-state index in [1.807, 2.05) is 6.07 Å². The van der Waals surface area contributed by atoms with Gasteiger partial charge in [-0.3, -0.25) is 0 Å². The Labute approximate surface area is 284 Å². The first-order valence-corrected chi connectivity index (χ1v) is 17.1. The van der Waals surface area contributed by atoms with E-state index in [2.05, 4.69) is 146 Å². The number of furan rings is 1. The van der Waals surface area contributed by atoms with E-state index in [0.29, 0.717) is 5.92 Å². The molecule has 3 nitrogen and oxygen atoms in total. The summed E-state index contributed by atoms with van der Waals surface area (Å²) in [4.78, 5) is 10.6. The lowest BCUT2D eigenvalue weighted by Gasteiger charge is -2.30. The second-order valence-corrected chi connectivity index (χ2v) is 13.7. The van der Waals surface area contributed by atoms with Gasteiger partial charge in [0.1, 0.15) is 11.2 Å². The monoisotopic (exact) mass is 626 g/mol. The third kappa shape index (κ3) is 3.52. The fraction of sp³-hybridized carbons (Fsp3) is 0.0870. The van der Waals surface area contributed by atoms with Crippen LogP contribution in [-0.4, -0.2) is 9.97 Å². The van der Waals surface area contributed by atoms with Crippen molar-refractivity contribution in [3.63, 3.8) is 0 Å². The Morgan fingerprint density at radius 2 is 1.35 bits per heavy atom. The fourth-order valence-corrected chi connectivity index (χ4v) is 8.97. The number of allylic oxidation sites excluding steroid dienone is 1. The Morgan fingerprint density at radius 3 is 2.22 bits per heavy atom. The van der Waals surface area contributed by atoms with E-state index in [1.54, 1.807) is 0 Å². The molecule has 2 atom stereocenters. The number of fused-ring (bicyclic) bond motifs is 15. The van der Waals surface area contributed by atoms with Crippen LogP contribution in [0.15, 0.2) is 144 Å². The maximum atomic E-state index is 6.72. The summed E-state index contributed by atoms with van der Waals surface area (Å²) in [6, 6.07) is 48.3. The van der Waals surface area contributed by atoms with Crippen molar-refractivity contribution in [3.05, 3.63) is 173 Å². The van der Waals surface area contributed by atoms with E-state index >= 15 is 0 Å². The molecule has 0 radical (unpaired) electrons. The second kappa shape index (κ2) is 9.74. The van der Waals surface area contributed by atoms with Crippen LogP contribution in [0.4, 0.5) is 0 Å². The van der Waals surface area contributed by atoms with Crippen LogP contribution in [0, 0.1) is 5.92 Å². The van der Waals surface area contributed by atoms with Crippen molar-refractivity contribution >= 4 is 28.0 Å². The lowest BCUT2D eigenvalue weighted by molar-refractivity contribution is 0.669. The third-order valence-corrected chi connectivity index (χ3v) is 11.0. The van der Waals surface area contributed by atoms with Crippen molar-refractivity contribution in [2.45, 2.75) is 18.8 Å². The Morgan fingerprint density at radius 1 is 0.612 bits per heavy atom. The van der Waals surface area contributed by atoms with Crippen LogP contribution >= 0.6 is 0 Å². The molecule has 3 aliphatic carbocycles. The predicted molar refractivity (Wildman–Crippen MR) is 198 cm³/mol. The Balaban J connectivity index is 1.21. The summed E-state index contributed by atoms with van der Waals surface area (Å²) in [6.07, 6.45) is 5.40. The number of para-hydroxylation sites is 1. The van der Waals surface area contributed by atoms with Crippen molar-refractivity contribution in [2.75, 3.05) is 0 Å². The van der Waals surface area contributed by atoms with Gasteiger partial charge in [0.25, 0.3) is 0 Å². The number of rotatable bonds is 2. The first-order valence-electron chi connectivity index (χ1n) is 17.1. The normalized spacial score (nSPS) is 18.0. The number of hydrogen-bond donors (Lipinski definition) is 0. The van der Waals surface area contributed by atoms with Gasteiger partial charge in [0.05, 0.1) is 16.8 Å². The lowest BCUT2D eigenvalue weighted by Crippen LogP contribution is -2.25. The highest BCUT2D eigenvalue weighted by Gasteiger charge is 2.52. The summed E-state index contributed by atoms with van der Waals surface area (Å²) < 4.78 is 6.72. The van der Waals surface area contributed by atoms with Gasteiger partial charge in [-0.1, -0.05) is 140 Å². The van der Waals surface area contributed by atoms with Gasteiger partial charge in [0, 0.05) is 33.0 Å². The fourth-order valence-electron chi connectivity index (χ4n) is 8.97. The first-order chi connectivity index (χ1) is 24.2. The summed E-state index contributed by atoms with van der Waals surface area (Å²) in [5.41, 5.74) is 16.8. The maximum Gasteiger partial charge on any atom is 0.160 e. The molecule has 0 N–H and O–H groups in total. The number of nitrogens with zero attached hydrogens (tertiary/aromatic N) is 2. The molecule has 0 amide bonds. The van der Waals surface area contributed by atoms with Gasteiger partial charge >= 0.3 is 0 Å². The Hall–Kier alpha value is -6.06. The van der Waals surface area contributed by atoms with Gasteiger partial charge in [-0.05, 0) is 63.4 Å². The molecule has 0 saturated carbocycles. The highest BCUT2D eigenvalue weighted by atomic mass is 16.3. The average Bonchev–Trinajstić information content (AvgIpc) is 3.78. The van der Waals surface area contributed by atoms with Crippen LogP contribution in [0.1, 0.15) is 40.4 Å². The highest BCUT2D eigenvalue weighted by Crippen LogP contribution is 2.64. The lowest BCUT2D eigenvalue weighted by atomic mass is 9.70. The molecule has 0 saturated heterocycles. The van der Waals surface area contributed by atoms with Gasteiger partial charge in [-0.2, -0.15) is 0 Å². The maximum absolute atomic E-state index is 6.72. The summed E-state index contributed by atoms with van der Waals surface area (Å²) in [6.45, 7) is 2.26. The SMILES string of the molecule is CC1C=Cc2c(nc(-c3ccc4c(c3)C3(c5ccccc5-4)c4ccccc4-c4c3ccc3c4oc4ccccc43)nc2-c2ccccc2)C1. The quantitative estimate of drug-likeness (QED) is 0.192. The summed E-state index contributed by atoms with van der Waals surface area (Å²) in [5, 5.41) is 2.30. The van der Waals surface area contributed by atoms with Crippen molar-refractivity contribution in [1.82, 2.24) is 9.97 Å². The van der Waals surface area contributed by atoms with Crippen molar-refractivity contribution in [1.29, 1.82) is 0 Å². The minimum atomic E-state index is -0.505. The van der Waals surface area contributed by atoms with Crippen LogP contribution in [0.5, 0.6) is 0 Å². The molecule has 0 aliphatic heterocycles. The Kier molecular flexibility index (Phi) is 5.36. The minimum Gasteiger partial charge on any atom is -0.455 e. The van der Waals surface area contributed by atoms with E-state index in [9.17, 15) is 0 Å². The zero-order valence-electron chi connectivity index (χ0n) is 26.9. The van der Waals surface area contributed by atoms with Crippen molar-refractivity contribution in [3.8, 4) is 44.9 Å². The standard InChI is InChI=1S/C46H30N2O/c1-27-19-21-35-40(25-27)47-45(48-43(35)28-11-3-2-4-12-28)29-20-22-31-30-13-5-8-16-36(30)46(39(31)26-29)37-17-9-6-15-34(37)42-38(46)24-23-33-32-14-7-10-18-41(32)49-44(33)42/h2-24,26-27H,25H2,1H3. The molecule has 11 rings (SSSR count). The largest absolute Gasteiger partial charge is 0.455 e. The highest BCUT2D eigenvalue weighted by molar-refractivity contribution is 6.13. The molecule has 8 aromatic rings. The smallest absolute Gasteiger partial charge is 0.160 e. The van der Waals surface area contributed by atoms with Crippen molar-refractivity contribution < 1.29 is 4.42 Å². The van der Waals surface area contributed by atoms with E-state index < -0.39 is 5.41 Å². The molecule has 49 heavy (non-hydrogen) atoms. The van der Waals surface area contributed by atoms with Gasteiger partial charge < -0.3 is 4.42 Å².